The molecule has 5 aliphatic rings. The summed E-state index contributed by atoms with van der Waals surface area (Å²) in [6, 6.07) is 6.40. The van der Waals surface area contributed by atoms with Gasteiger partial charge < -0.3 is 25.0 Å². The van der Waals surface area contributed by atoms with Crippen LogP contribution in [-0.2, 0) is 24.8 Å². The molecule has 266 valence electrons. The van der Waals surface area contributed by atoms with E-state index in [0.29, 0.717) is 49.5 Å². The topological polar surface area (TPSA) is 119 Å². The van der Waals surface area contributed by atoms with Gasteiger partial charge in [-0.15, -0.1) is 0 Å². The third-order valence-corrected chi connectivity index (χ3v) is 11.9. The maximum atomic E-state index is 14.3. The van der Waals surface area contributed by atoms with Crippen molar-refractivity contribution in [3.63, 3.8) is 0 Å². The highest BCUT2D eigenvalue weighted by molar-refractivity contribution is 6.02. The molecule has 1 aromatic carbocycles. The number of hydrogen-bond acceptors (Lipinski definition) is 6. The van der Waals surface area contributed by atoms with Gasteiger partial charge in [-0.25, -0.2) is 14.0 Å². The first kappa shape index (κ1) is 33.8. The summed E-state index contributed by atoms with van der Waals surface area (Å²) in [4.78, 5) is 55.3. The molecule has 2 N–H and O–H groups in total. The number of ether oxygens (including phenoxy) is 2. The van der Waals surface area contributed by atoms with Crippen molar-refractivity contribution >= 4 is 40.5 Å². The Kier molecular flexibility index (Phi) is 9.15. The molecule has 0 bridgehead atoms. The van der Waals surface area contributed by atoms with Crippen molar-refractivity contribution in [2.45, 2.75) is 128 Å². The summed E-state index contributed by atoms with van der Waals surface area (Å²) < 4.78 is 27.2. The number of amides is 3. The normalized spacial score (nSPS) is 27.3. The number of carbonyl (C=O) groups excluding carboxylic acids is 4. The molecule has 3 heterocycles. The number of aromatic nitrogens is 1. The smallest absolute Gasteiger partial charge is 0.407 e. The lowest BCUT2D eigenvalue weighted by Crippen LogP contribution is -2.50. The van der Waals surface area contributed by atoms with Gasteiger partial charge in [-0.1, -0.05) is 32.1 Å². The number of esters is 1. The maximum Gasteiger partial charge on any atom is 0.407 e. The zero-order valence-electron chi connectivity index (χ0n) is 29.1. The first-order valence-corrected chi connectivity index (χ1v) is 18.5. The van der Waals surface area contributed by atoms with Gasteiger partial charge in [0.15, 0.2) is 5.72 Å². The number of hydrogen-bond donors (Lipinski definition) is 2. The van der Waals surface area contributed by atoms with Gasteiger partial charge in [-0.3, -0.25) is 14.2 Å². The average molecular weight is 679 g/mol. The third-order valence-electron chi connectivity index (χ3n) is 11.9. The van der Waals surface area contributed by atoms with Gasteiger partial charge in [-0.05, 0) is 101 Å². The van der Waals surface area contributed by atoms with Crippen LogP contribution in [-0.4, -0.2) is 64.2 Å². The molecule has 3 saturated carbocycles. The lowest BCUT2D eigenvalue weighted by molar-refractivity contribution is -0.142. The molecule has 2 aromatic rings. The molecular formula is C38H51FN4O6. The highest BCUT2D eigenvalue weighted by Crippen LogP contribution is 2.48. The van der Waals surface area contributed by atoms with Gasteiger partial charge in [0.1, 0.15) is 24.0 Å². The third kappa shape index (κ3) is 6.54. The van der Waals surface area contributed by atoms with Gasteiger partial charge in [0.25, 0.3) is 0 Å². The van der Waals surface area contributed by atoms with E-state index in [1.807, 2.05) is 33.7 Å². The number of benzene rings is 1. The second kappa shape index (κ2) is 13.2. The van der Waals surface area contributed by atoms with Gasteiger partial charge >= 0.3 is 12.1 Å². The van der Waals surface area contributed by atoms with Gasteiger partial charge in [0, 0.05) is 36.4 Å². The molecule has 11 heteroatoms. The van der Waals surface area contributed by atoms with Crippen molar-refractivity contribution in [1.82, 2.24) is 14.8 Å². The summed E-state index contributed by atoms with van der Waals surface area (Å²) in [6.45, 7) is 5.18. The van der Waals surface area contributed by atoms with E-state index in [0.717, 1.165) is 62.3 Å². The van der Waals surface area contributed by atoms with E-state index in [1.165, 1.54) is 6.42 Å². The Labute approximate surface area is 287 Å². The second-order valence-corrected chi connectivity index (χ2v) is 16.2. The largest absolute Gasteiger partial charge is 0.444 e. The molecule has 3 atom stereocenters. The Morgan fingerprint density at radius 3 is 2.39 bits per heavy atom. The first-order valence-electron chi connectivity index (χ1n) is 18.5. The van der Waals surface area contributed by atoms with Crippen LogP contribution in [0.4, 0.5) is 14.9 Å². The van der Waals surface area contributed by atoms with E-state index < -0.39 is 36.2 Å². The lowest BCUT2D eigenvalue weighted by Gasteiger charge is -2.38. The minimum atomic E-state index is -0.692. The number of fused-ring (bicyclic) bond motifs is 4. The van der Waals surface area contributed by atoms with Crippen LogP contribution in [0.15, 0.2) is 24.3 Å². The molecule has 0 radical (unpaired) electrons. The second-order valence-electron chi connectivity index (χ2n) is 16.2. The molecule has 10 nitrogen and oxygen atoms in total. The predicted octanol–water partition coefficient (Wildman–Crippen LogP) is 7.05. The van der Waals surface area contributed by atoms with Crippen LogP contribution in [0.25, 0.3) is 10.9 Å². The minimum Gasteiger partial charge on any atom is -0.444 e. The Morgan fingerprint density at radius 2 is 1.73 bits per heavy atom. The summed E-state index contributed by atoms with van der Waals surface area (Å²) in [5, 5.41) is 6.75. The molecule has 1 aromatic heterocycles. The summed E-state index contributed by atoms with van der Waals surface area (Å²) in [6.07, 6.45) is 10.9. The number of likely N-dealkylation sites (tertiary alicyclic amines) is 1. The van der Waals surface area contributed by atoms with Crippen molar-refractivity contribution in [1.29, 1.82) is 0 Å². The summed E-state index contributed by atoms with van der Waals surface area (Å²) in [5.74, 6) is -0.260. The summed E-state index contributed by atoms with van der Waals surface area (Å²) >= 11 is 0. The van der Waals surface area contributed by atoms with E-state index in [-0.39, 0.29) is 35.5 Å². The van der Waals surface area contributed by atoms with Crippen molar-refractivity contribution in [3.05, 3.63) is 30.0 Å². The Bertz CT molecular complexity index is 1600. The van der Waals surface area contributed by atoms with Crippen LogP contribution >= 0.6 is 0 Å². The molecule has 1 spiro atoms. The number of alkyl carbamates (subject to hydrolysis) is 1. The summed E-state index contributed by atoms with van der Waals surface area (Å²) in [7, 11) is 0. The molecule has 3 amide bonds. The van der Waals surface area contributed by atoms with Crippen LogP contribution in [0.3, 0.4) is 0 Å². The number of anilines is 1. The van der Waals surface area contributed by atoms with Gasteiger partial charge in [-0.2, -0.15) is 0 Å². The minimum absolute atomic E-state index is 0.0115. The van der Waals surface area contributed by atoms with Crippen LogP contribution in [0.5, 0.6) is 0 Å². The zero-order valence-corrected chi connectivity index (χ0v) is 29.1. The van der Waals surface area contributed by atoms with Crippen LogP contribution in [0, 0.1) is 23.7 Å². The van der Waals surface area contributed by atoms with Crippen molar-refractivity contribution in [2.75, 3.05) is 18.5 Å². The summed E-state index contributed by atoms with van der Waals surface area (Å²) in [5.41, 5.74) is 0.874. The van der Waals surface area contributed by atoms with E-state index in [4.69, 9.17) is 9.47 Å². The number of halogens is 1. The Morgan fingerprint density at radius 1 is 1.00 bits per heavy atom. The fourth-order valence-corrected chi connectivity index (χ4v) is 9.37. The fourth-order valence-electron chi connectivity index (χ4n) is 9.37. The zero-order chi connectivity index (χ0) is 34.5. The number of nitrogens with one attached hydrogen (secondary N) is 2. The lowest BCUT2D eigenvalue weighted by atomic mass is 9.76. The van der Waals surface area contributed by atoms with E-state index >= 15 is 0 Å². The van der Waals surface area contributed by atoms with Crippen molar-refractivity contribution in [2.24, 2.45) is 23.7 Å². The predicted molar refractivity (Wildman–Crippen MR) is 183 cm³/mol. The number of nitrogens with zero attached hydrogens (tertiary/aromatic N) is 2. The number of carbonyl (C=O) groups is 4. The molecule has 49 heavy (non-hydrogen) atoms. The van der Waals surface area contributed by atoms with Crippen LogP contribution < -0.4 is 10.6 Å². The van der Waals surface area contributed by atoms with Crippen molar-refractivity contribution in [3.8, 4) is 0 Å². The first-order chi connectivity index (χ1) is 23.5. The highest BCUT2D eigenvalue weighted by Gasteiger charge is 2.51. The van der Waals surface area contributed by atoms with Crippen LogP contribution in [0.2, 0.25) is 0 Å². The quantitative estimate of drug-likeness (QED) is 0.303. The van der Waals surface area contributed by atoms with E-state index in [1.54, 1.807) is 20.8 Å². The molecule has 7 rings (SSSR count). The van der Waals surface area contributed by atoms with Gasteiger partial charge in [0.05, 0.1) is 11.6 Å². The monoisotopic (exact) mass is 678 g/mol. The van der Waals surface area contributed by atoms with E-state index in [9.17, 15) is 23.6 Å². The maximum absolute atomic E-state index is 14.3. The highest BCUT2D eigenvalue weighted by atomic mass is 19.1. The fraction of sp³-hybridized carbons (Fsp3) is 0.684. The Balaban J connectivity index is 1.05. The molecule has 2 aliphatic heterocycles. The van der Waals surface area contributed by atoms with E-state index in [2.05, 4.69) is 10.6 Å². The average Bonchev–Trinajstić information content (AvgIpc) is 3.75. The number of alkyl halides is 1. The molecule has 3 aliphatic carbocycles. The molecule has 4 fully saturated rings. The standard InChI is InChI=1S/C38H51FN4O6/c1-37(2,3)49-36(47)41-29(22-39)24-10-12-25(13-11-24)34(45)42-19-16-28(23-8-5-4-6-9-23)32(42)33(44)40-27-14-15-30-26(20-27)21-31-35(46)48-38(43(30)31)17-7-18-38/h14-15,20-21,23-25,28-29,32H,4-13,16-19,22H2,1-3H3,(H,40,44)(H,41,47)/t24?,25?,28-,29+,32-/m0/s1. The number of rotatable bonds is 7. The molecule has 1 saturated heterocycles. The molecule has 0 unspecified atom stereocenters. The van der Waals surface area contributed by atoms with Crippen molar-refractivity contribution < 1.29 is 33.0 Å². The SMILES string of the molecule is CC(C)(C)OC(=O)N[C@H](CF)C1CCC(C(=O)N2CC[C@@H](C3CCCCC3)[C@H]2C(=O)Nc2ccc3c(c2)cc2n3C3(CCC3)OC2=O)CC1. The van der Waals surface area contributed by atoms with Gasteiger partial charge in [0.2, 0.25) is 11.8 Å². The molecular weight excluding hydrogens is 627 g/mol. The van der Waals surface area contributed by atoms with Crippen LogP contribution in [0.1, 0.15) is 115 Å². The Hall–Kier alpha value is -3.63.